The van der Waals surface area contributed by atoms with Crippen LogP contribution in [0.3, 0.4) is 0 Å². The van der Waals surface area contributed by atoms with Crippen molar-refractivity contribution in [2.75, 3.05) is 0 Å². The van der Waals surface area contributed by atoms with Gasteiger partial charge in [0, 0.05) is 11.1 Å². The minimum absolute atomic E-state index is 0.670. The molecule has 0 radical (unpaired) electrons. The Hall–Kier alpha value is -3.13. The lowest BCUT2D eigenvalue weighted by molar-refractivity contribution is 0.587. The zero-order chi connectivity index (χ0) is 18.1. The van der Waals surface area contributed by atoms with Gasteiger partial charge < -0.3 is 4.42 Å². The number of rotatable bonds is 3. The summed E-state index contributed by atoms with van der Waals surface area (Å²) in [5.41, 5.74) is 8.15. The van der Waals surface area contributed by atoms with E-state index >= 15 is 0 Å². The highest BCUT2D eigenvalue weighted by molar-refractivity contribution is 5.75. The zero-order valence-electron chi connectivity index (χ0n) is 15.3. The van der Waals surface area contributed by atoms with Gasteiger partial charge in [-0.05, 0) is 54.7 Å². The molecule has 0 fully saturated rings. The summed E-state index contributed by atoms with van der Waals surface area (Å²) in [7, 11) is 0. The molecule has 3 aromatic carbocycles. The van der Waals surface area contributed by atoms with Crippen LogP contribution in [0.1, 0.15) is 16.7 Å². The minimum atomic E-state index is 0.670. The molecule has 0 N–H and O–H groups in total. The smallest absolute Gasteiger partial charge is 0.226 e. The van der Waals surface area contributed by atoms with Gasteiger partial charge in [-0.3, -0.25) is 0 Å². The van der Waals surface area contributed by atoms with Crippen molar-refractivity contribution in [1.82, 2.24) is 4.98 Å². The van der Waals surface area contributed by atoms with Gasteiger partial charge in [-0.1, -0.05) is 60.7 Å². The molecule has 0 unspecified atom stereocenters. The van der Waals surface area contributed by atoms with E-state index in [-0.39, 0.29) is 0 Å². The molecule has 0 saturated carbocycles. The molecule has 0 atom stereocenters. The Bertz CT molecular complexity index is 1040. The number of hydrogen-bond donors (Lipinski definition) is 0. The van der Waals surface area contributed by atoms with Crippen LogP contribution in [0.15, 0.2) is 77.3 Å². The maximum Gasteiger partial charge on any atom is 0.226 e. The molecule has 0 aliphatic rings. The largest absolute Gasteiger partial charge is 0.436 e. The maximum absolute atomic E-state index is 6.13. The third-order valence-corrected chi connectivity index (χ3v) is 4.77. The number of aryl methyl sites for hydroxylation is 3. The number of nitrogens with zero attached hydrogens (tertiary/aromatic N) is 1. The Morgan fingerprint density at radius 2 is 1.35 bits per heavy atom. The van der Waals surface area contributed by atoms with Gasteiger partial charge in [0.05, 0.1) is 6.20 Å². The summed E-state index contributed by atoms with van der Waals surface area (Å²) in [5.74, 6) is 1.49. The number of hydrogen-bond acceptors (Lipinski definition) is 2. The molecule has 1 heterocycles. The summed E-state index contributed by atoms with van der Waals surface area (Å²) in [6.45, 7) is 6.33. The van der Waals surface area contributed by atoms with Crippen LogP contribution in [0.5, 0.6) is 0 Å². The molecule has 2 nitrogen and oxygen atoms in total. The van der Waals surface area contributed by atoms with Crippen LogP contribution >= 0.6 is 0 Å². The van der Waals surface area contributed by atoms with Crippen molar-refractivity contribution in [3.8, 4) is 33.9 Å². The van der Waals surface area contributed by atoms with E-state index in [1.165, 1.54) is 22.3 Å². The Morgan fingerprint density at radius 3 is 2.04 bits per heavy atom. The molecular weight excluding hydrogens is 318 g/mol. The Balaban J connectivity index is 1.77. The topological polar surface area (TPSA) is 26.0 Å². The van der Waals surface area contributed by atoms with E-state index in [2.05, 4.69) is 68.2 Å². The van der Waals surface area contributed by atoms with E-state index in [0.717, 1.165) is 22.5 Å². The summed E-state index contributed by atoms with van der Waals surface area (Å²) in [6, 6.07) is 23.0. The summed E-state index contributed by atoms with van der Waals surface area (Å²) in [6.07, 6.45) is 1.83. The highest BCUT2D eigenvalue weighted by Gasteiger charge is 2.15. The first-order valence-electron chi connectivity index (χ1n) is 8.82. The maximum atomic E-state index is 6.13. The molecule has 2 heteroatoms. The van der Waals surface area contributed by atoms with Crippen LogP contribution in [0.25, 0.3) is 33.9 Å². The van der Waals surface area contributed by atoms with Crippen molar-refractivity contribution < 1.29 is 4.42 Å². The fourth-order valence-electron chi connectivity index (χ4n) is 3.48. The molecule has 0 saturated heterocycles. The molecule has 0 amide bonds. The van der Waals surface area contributed by atoms with Crippen LogP contribution in [0, 0.1) is 20.8 Å². The van der Waals surface area contributed by atoms with E-state index in [1.54, 1.807) is 0 Å². The summed E-state index contributed by atoms with van der Waals surface area (Å²) in [5, 5.41) is 0. The van der Waals surface area contributed by atoms with Crippen LogP contribution in [0.4, 0.5) is 0 Å². The summed E-state index contributed by atoms with van der Waals surface area (Å²) in [4.78, 5) is 4.52. The van der Waals surface area contributed by atoms with Crippen LogP contribution < -0.4 is 0 Å². The number of benzene rings is 3. The van der Waals surface area contributed by atoms with Gasteiger partial charge in [-0.25, -0.2) is 4.98 Å². The second kappa shape index (κ2) is 6.64. The van der Waals surface area contributed by atoms with Gasteiger partial charge in [0.15, 0.2) is 5.76 Å². The standard InChI is InChI=1S/C24H21NO/c1-16-9-7-8-12-21(16)24-25-15-22(26-24)23-17(2)13-20(14-18(23)3)19-10-5-4-6-11-19/h4-15H,1-3H3. The third kappa shape index (κ3) is 2.95. The highest BCUT2D eigenvalue weighted by Crippen LogP contribution is 2.34. The van der Waals surface area contributed by atoms with Crippen LogP contribution in [-0.2, 0) is 0 Å². The quantitative estimate of drug-likeness (QED) is 0.420. The van der Waals surface area contributed by atoms with Gasteiger partial charge in [0.25, 0.3) is 0 Å². The lowest BCUT2D eigenvalue weighted by Crippen LogP contribution is -1.89. The first-order chi connectivity index (χ1) is 12.6. The van der Waals surface area contributed by atoms with Gasteiger partial charge in [-0.15, -0.1) is 0 Å². The lowest BCUT2D eigenvalue weighted by Gasteiger charge is -2.11. The zero-order valence-corrected chi connectivity index (χ0v) is 15.3. The average Bonchev–Trinajstić information content (AvgIpc) is 3.11. The molecule has 26 heavy (non-hydrogen) atoms. The first-order valence-corrected chi connectivity index (χ1v) is 8.82. The fraction of sp³-hybridized carbons (Fsp3) is 0.125. The molecular formula is C24H21NO. The second-order valence-corrected chi connectivity index (χ2v) is 6.70. The van der Waals surface area contributed by atoms with Crippen molar-refractivity contribution in [2.45, 2.75) is 20.8 Å². The number of oxazole rings is 1. The molecule has 4 aromatic rings. The van der Waals surface area contributed by atoms with Crippen molar-refractivity contribution >= 4 is 0 Å². The monoisotopic (exact) mass is 339 g/mol. The molecule has 128 valence electrons. The Labute approximate surface area is 154 Å². The van der Waals surface area contributed by atoms with Crippen LogP contribution in [-0.4, -0.2) is 4.98 Å². The van der Waals surface area contributed by atoms with E-state index < -0.39 is 0 Å². The van der Waals surface area contributed by atoms with Crippen molar-refractivity contribution in [3.05, 3.63) is 89.6 Å². The highest BCUT2D eigenvalue weighted by atomic mass is 16.4. The SMILES string of the molecule is Cc1ccccc1-c1ncc(-c2c(C)cc(-c3ccccc3)cc2C)o1. The predicted octanol–water partition coefficient (Wildman–Crippen LogP) is 6.60. The van der Waals surface area contributed by atoms with E-state index in [0.29, 0.717) is 5.89 Å². The predicted molar refractivity (Wildman–Crippen MR) is 107 cm³/mol. The van der Waals surface area contributed by atoms with Crippen molar-refractivity contribution in [3.63, 3.8) is 0 Å². The molecule has 0 aliphatic heterocycles. The second-order valence-electron chi connectivity index (χ2n) is 6.70. The van der Waals surface area contributed by atoms with E-state index in [9.17, 15) is 0 Å². The van der Waals surface area contributed by atoms with Crippen molar-refractivity contribution in [1.29, 1.82) is 0 Å². The van der Waals surface area contributed by atoms with Gasteiger partial charge in [-0.2, -0.15) is 0 Å². The molecule has 0 spiro atoms. The van der Waals surface area contributed by atoms with Gasteiger partial charge in [0.1, 0.15) is 0 Å². The van der Waals surface area contributed by atoms with Crippen molar-refractivity contribution in [2.24, 2.45) is 0 Å². The van der Waals surface area contributed by atoms with E-state index in [1.807, 2.05) is 30.5 Å². The fourth-order valence-corrected chi connectivity index (χ4v) is 3.48. The molecule has 0 aliphatic carbocycles. The average molecular weight is 339 g/mol. The minimum Gasteiger partial charge on any atom is -0.436 e. The Morgan fingerprint density at radius 1 is 0.692 bits per heavy atom. The summed E-state index contributed by atoms with van der Waals surface area (Å²) >= 11 is 0. The summed E-state index contributed by atoms with van der Waals surface area (Å²) < 4.78 is 6.13. The first kappa shape index (κ1) is 16.3. The van der Waals surface area contributed by atoms with Gasteiger partial charge in [0.2, 0.25) is 5.89 Å². The molecule has 4 rings (SSSR count). The van der Waals surface area contributed by atoms with Gasteiger partial charge >= 0.3 is 0 Å². The number of aromatic nitrogens is 1. The lowest BCUT2D eigenvalue weighted by atomic mass is 9.94. The molecule has 1 aromatic heterocycles. The third-order valence-electron chi connectivity index (χ3n) is 4.77. The van der Waals surface area contributed by atoms with Crippen LogP contribution in [0.2, 0.25) is 0 Å². The normalized spacial score (nSPS) is 10.9. The Kier molecular flexibility index (Phi) is 4.18. The molecule has 0 bridgehead atoms. The van der Waals surface area contributed by atoms with E-state index in [4.69, 9.17) is 4.42 Å².